The highest BCUT2D eigenvalue weighted by Crippen LogP contribution is 2.15. The maximum absolute atomic E-state index is 5.82. The second kappa shape index (κ2) is 9.26. The van der Waals surface area contributed by atoms with Crippen molar-refractivity contribution in [3.63, 3.8) is 0 Å². The molecule has 0 radical (unpaired) electrons. The molecule has 0 saturated carbocycles. The summed E-state index contributed by atoms with van der Waals surface area (Å²) in [6.45, 7) is 9.69. The highest BCUT2D eigenvalue weighted by molar-refractivity contribution is 6.66. The van der Waals surface area contributed by atoms with Gasteiger partial charge in [0.2, 0.25) is 0 Å². The lowest BCUT2D eigenvalue weighted by molar-refractivity contribution is 0.188. The summed E-state index contributed by atoms with van der Waals surface area (Å²) in [4.78, 5) is 0. The molecule has 1 aromatic rings. The minimum Gasteiger partial charge on any atom is -0.395 e. The normalized spacial score (nSPS) is 11.7. The van der Waals surface area contributed by atoms with E-state index in [9.17, 15) is 0 Å². The molecule has 0 aliphatic heterocycles. The van der Waals surface area contributed by atoms with Crippen molar-refractivity contribution in [1.29, 1.82) is 0 Å². The summed E-state index contributed by atoms with van der Waals surface area (Å²) in [6.07, 6.45) is 1.11. The Morgan fingerprint density at radius 3 is 2.26 bits per heavy atom. The molecule has 1 aromatic carbocycles. The summed E-state index contributed by atoms with van der Waals surface area (Å²) < 4.78 is 11.6. The zero-order valence-electron chi connectivity index (χ0n) is 12.4. The second-order valence-electron chi connectivity index (χ2n) is 4.77. The lowest BCUT2D eigenvalue weighted by atomic mass is 10.2. The molecule has 0 aliphatic carbocycles. The van der Waals surface area contributed by atoms with Gasteiger partial charge in [-0.05, 0) is 45.0 Å². The molecule has 0 bridgehead atoms. The van der Waals surface area contributed by atoms with E-state index in [0.717, 1.165) is 38.8 Å². The molecule has 0 unspecified atom stereocenters. The van der Waals surface area contributed by atoms with Crippen LogP contribution in [0.4, 0.5) is 0 Å². The Bertz CT molecular complexity index is 326. The Morgan fingerprint density at radius 1 is 1.05 bits per heavy atom. The fourth-order valence-corrected chi connectivity index (χ4v) is 4.57. The van der Waals surface area contributed by atoms with E-state index in [1.165, 1.54) is 5.56 Å². The smallest absolute Gasteiger partial charge is 0.334 e. The maximum atomic E-state index is 5.82. The highest BCUT2D eigenvalue weighted by Gasteiger charge is 2.29. The Kier molecular flexibility index (Phi) is 7.98. The van der Waals surface area contributed by atoms with Crippen molar-refractivity contribution in [1.82, 2.24) is 5.32 Å². The van der Waals surface area contributed by atoms with Crippen LogP contribution in [-0.4, -0.2) is 28.3 Å². The summed E-state index contributed by atoms with van der Waals surface area (Å²) in [5.74, 6) is 0. The zero-order chi connectivity index (χ0) is 14.0. The molecule has 0 atom stereocenters. The second-order valence-corrected chi connectivity index (χ2v) is 8.11. The first kappa shape index (κ1) is 16.4. The quantitative estimate of drug-likeness (QED) is 0.527. The van der Waals surface area contributed by atoms with Crippen LogP contribution in [0.3, 0.4) is 0 Å². The average Bonchev–Trinajstić information content (AvgIpc) is 2.40. The van der Waals surface area contributed by atoms with Gasteiger partial charge in [-0.25, -0.2) is 0 Å². The van der Waals surface area contributed by atoms with E-state index in [0.29, 0.717) is 0 Å². The van der Waals surface area contributed by atoms with Gasteiger partial charge in [0.1, 0.15) is 0 Å². The van der Waals surface area contributed by atoms with Crippen molar-refractivity contribution in [2.24, 2.45) is 0 Å². The van der Waals surface area contributed by atoms with Crippen molar-refractivity contribution in [2.75, 3.05) is 19.8 Å². The fourth-order valence-electron chi connectivity index (χ4n) is 2.16. The lowest BCUT2D eigenvalue weighted by Crippen LogP contribution is -2.39. The number of rotatable bonds is 10. The molecule has 0 fully saturated rings. The van der Waals surface area contributed by atoms with Gasteiger partial charge in [-0.1, -0.05) is 30.3 Å². The minimum atomic E-state index is -1.92. The molecule has 4 heteroatoms. The van der Waals surface area contributed by atoms with E-state index in [-0.39, 0.29) is 0 Å². The number of hydrogen-bond donors (Lipinski definition) is 1. The Balaban J connectivity index is 2.18. The van der Waals surface area contributed by atoms with E-state index in [4.69, 9.17) is 8.85 Å². The van der Waals surface area contributed by atoms with Gasteiger partial charge in [0, 0.05) is 19.8 Å². The molecule has 3 nitrogen and oxygen atoms in total. The van der Waals surface area contributed by atoms with Gasteiger partial charge in [-0.3, -0.25) is 0 Å². The van der Waals surface area contributed by atoms with E-state index in [2.05, 4.69) is 36.1 Å². The van der Waals surface area contributed by atoms with E-state index in [1.54, 1.807) is 0 Å². The Hall–Kier alpha value is -0.683. The fraction of sp³-hybridized carbons (Fsp3) is 0.600. The van der Waals surface area contributed by atoms with E-state index >= 15 is 0 Å². The minimum absolute atomic E-state index is 0.750. The van der Waals surface area contributed by atoms with Gasteiger partial charge in [0.15, 0.2) is 0 Å². The van der Waals surface area contributed by atoms with Crippen molar-refractivity contribution in [3.05, 3.63) is 35.9 Å². The highest BCUT2D eigenvalue weighted by atomic mass is 28.4. The molecular formula is C15H27NO2Si. The van der Waals surface area contributed by atoms with Crippen LogP contribution in [0, 0.1) is 0 Å². The third kappa shape index (κ3) is 6.87. The van der Waals surface area contributed by atoms with Crippen LogP contribution in [0.1, 0.15) is 25.8 Å². The summed E-state index contributed by atoms with van der Waals surface area (Å²) >= 11 is 0. The predicted molar refractivity (Wildman–Crippen MR) is 82.4 cm³/mol. The van der Waals surface area contributed by atoms with Gasteiger partial charge in [0.05, 0.1) is 0 Å². The summed E-state index contributed by atoms with van der Waals surface area (Å²) in [6, 6.07) is 11.5. The molecular weight excluding hydrogens is 254 g/mol. The van der Waals surface area contributed by atoms with Gasteiger partial charge in [-0.15, -0.1) is 0 Å². The Morgan fingerprint density at radius 2 is 1.68 bits per heavy atom. The van der Waals surface area contributed by atoms with E-state index < -0.39 is 8.56 Å². The third-order valence-electron chi connectivity index (χ3n) is 3.06. The number of nitrogens with one attached hydrogen (secondary N) is 1. The molecule has 1 rings (SSSR count). The summed E-state index contributed by atoms with van der Waals surface area (Å²) in [5, 5.41) is 3.47. The van der Waals surface area contributed by atoms with Crippen molar-refractivity contribution >= 4 is 8.56 Å². The molecule has 0 aliphatic rings. The molecule has 0 amide bonds. The van der Waals surface area contributed by atoms with Gasteiger partial charge >= 0.3 is 8.56 Å². The molecule has 1 N–H and O–H groups in total. The standard InChI is InChI=1S/C15H27NO2Si/c1-4-17-19(3,18-5-2)13-9-12-16-14-15-10-7-6-8-11-15/h6-8,10-11,16H,4-5,9,12-14H2,1-3H3. The summed E-state index contributed by atoms with van der Waals surface area (Å²) in [7, 11) is -1.92. The predicted octanol–water partition coefficient (Wildman–Crippen LogP) is 3.31. The average molecular weight is 281 g/mol. The van der Waals surface area contributed by atoms with Crippen LogP contribution >= 0.6 is 0 Å². The summed E-state index contributed by atoms with van der Waals surface area (Å²) in [5.41, 5.74) is 1.33. The molecule has 19 heavy (non-hydrogen) atoms. The monoisotopic (exact) mass is 281 g/mol. The van der Waals surface area contributed by atoms with Crippen LogP contribution in [0.25, 0.3) is 0 Å². The SMILES string of the molecule is CCO[Si](C)(CCCNCc1ccccc1)OCC. The first-order chi connectivity index (χ1) is 9.20. The molecule has 0 spiro atoms. The number of benzene rings is 1. The zero-order valence-corrected chi connectivity index (χ0v) is 13.4. The lowest BCUT2D eigenvalue weighted by Gasteiger charge is -2.25. The third-order valence-corrected chi connectivity index (χ3v) is 6.12. The first-order valence-electron chi connectivity index (χ1n) is 7.22. The first-order valence-corrected chi connectivity index (χ1v) is 9.75. The van der Waals surface area contributed by atoms with Crippen LogP contribution in [0.2, 0.25) is 12.6 Å². The van der Waals surface area contributed by atoms with Gasteiger partial charge in [-0.2, -0.15) is 0 Å². The van der Waals surface area contributed by atoms with Crippen molar-refractivity contribution < 1.29 is 8.85 Å². The van der Waals surface area contributed by atoms with Crippen LogP contribution in [0.15, 0.2) is 30.3 Å². The van der Waals surface area contributed by atoms with Crippen molar-refractivity contribution in [3.8, 4) is 0 Å². The van der Waals surface area contributed by atoms with Crippen LogP contribution in [-0.2, 0) is 15.4 Å². The molecule has 0 saturated heterocycles. The topological polar surface area (TPSA) is 30.5 Å². The van der Waals surface area contributed by atoms with Crippen LogP contribution < -0.4 is 5.32 Å². The largest absolute Gasteiger partial charge is 0.395 e. The Labute approximate surface area is 118 Å². The van der Waals surface area contributed by atoms with E-state index in [1.807, 2.05) is 19.9 Å². The van der Waals surface area contributed by atoms with Gasteiger partial charge in [0.25, 0.3) is 0 Å². The maximum Gasteiger partial charge on any atom is 0.334 e. The van der Waals surface area contributed by atoms with Crippen LogP contribution in [0.5, 0.6) is 0 Å². The van der Waals surface area contributed by atoms with Crippen molar-refractivity contribution in [2.45, 2.75) is 39.4 Å². The molecule has 108 valence electrons. The molecule has 0 heterocycles. The van der Waals surface area contributed by atoms with Gasteiger partial charge < -0.3 is 14.2 Å². The molecule has 0 aromatic heterocycles. The number of hydrogen-bond acceptors (Lipinski definition) is 3.